The summed E-state index contributed by atoms with van der Waals surface area (Å²) in [7, 11) is 0. The van der Waals surface area contributed by atoms with Gasteiger partial charge in [-0.1, -0.05) is 37.3 Å². The minimum absolute atomic E-state index is 0.184. The molecular formula is C15H22N2O. The molecule has 2 atom stereocenters. The van der Waals surface area contributed by atoms with Gasteiger partial charge in [-0.15, -0.1) is 0 Å². The van der Waals surface area contributed by atoms with Crippen molar-refractivity contribution in [1.82, 2.24) is 4.90 Å². The molecule has 0 spiro atoms. The first kappa shape index (κ1) is 13.1. The van der Waals surface area contributed by atoms with Gasteiger partial charge in [0.1, 0.15) is 0 Å². The van der Waals surface area contributed by atoms with Crippen molar-refractivity contribution in [2.75, 3.05) is 13.1 Å². The molecule has 0 unspecified atom stereocenters. The maximum atomic E-state index is 12.2. The van der Waals surface area contributed by atoms with Crippen LogP contribution in [0, 0.1) is 5.92 Å². The second kappa shape index (κ2) is 6.01. The number of nitrogens with two attached hydrogens (primary N) is 1. The summed E-state index contributed by atoms with van der Waals surface area (Å²) < 4.78 is 0. The fourth-order valence-corrected chi connectivity index (χ4v) is 2.55. The van der Waals surface area contributed by atoms with Crippen molar-refractivity contribution in [1.29, 1.82) is 0 Å². The summed E-state index contributed by atoms with van der Waals surface area (Å²) >= 11 is 0. The van der Waals surface area contributed by atoms with E-state index in [9.17, 15) is 4.79 Å². The van der Waals surface area contributed by atoms with Crippen LogP contribution in [0.5, 0.6) is 0 Å². The number of carbonyl (C=O) groups excluding carboxylic acids is 1. The summed E-state index contributed by atoms with van der Waals surface area (Å²) in [6.45, 7) is 3.99. The van der Waals surface area contributed by atoms with Gasteiger partial charge in [0.05, 0.1) is 0 Å². The monoisotopic (exact) mass is 246 g/mol. The van der Waals surface area contributed by atoms with Gasteiger partial charge in [0.25, 0.3) is 0 Å². The lowest BCUT2D eigenvalue weighted by Crippen LogP contribution is -2.40. The molecule has 1 amide bonds. The standard InChI is InChI=1S/C15H22N2O/c1-12-6-5-9-17(11-12)15(18)10-14(16)13-7-3-2-4-8-13/h2-4,7-8,12,14H,5-6,9-11,16H2,1H3/t12-,14-/m0/s1. The van der Waals surface area contributed by atoms with E-state index in [1.165, 1.54) is 6.42 Å². The first-order chi connectivity index (χ1) is 8.66. The second-order valence-electron chi connectivity index (χ2n) is 5.31. The van der Waals surface area contributed by atoms with Crippen LogP contribution in [0.15, 0.2) is 30.3 Å². The number of hydrogen-bond donors (Lipinski definition) is 1. The second-order valence-corrected chi connectivity index (χ2v) is 5.31. The van der Waals surface area contributed by atoms with Gasteiger partial charge in [-0.05, 0) is 24.3 Å². The number of amides is 1. The zero-order valence-corrected chi connectivity index (χ0v) is 11.0. The van der Waals surface area contributed by atoms with E-state index < -0.39 is 0 Å². The highest BCUT2D eigenvalue weighted by molar-refractivity contribution is 5.77. The molecular weight excluding hydrogens is 224 g/mol. The number of carbonyl (C=O) groups is 1. The van der Waals surface area contributed by atoms with Crippen LogP contribution in [0.2, 0.25) is 0 Å². The Morgan fingerprint density at radius 2 is 2.17 bits per heavy atom. The summed E-state index contributed by atoms with van der Waals surface area (Å²) in [6, 6.07) is 9.67. The summed E-state index contributed by atoms with van der Waals surface area (Å²) in [5.41, 5.74) is 7.13. The largest absolute Gasteiger partial charge is 0.342 e. The number of benzene rings is 1. The highest BCUT2D eigenvalue weighted by atomic mass is 16.2. The van der Waals surface area contributed by atoms with Gasteiger partial charge in [-0.2, -0.15) is 0 Å². The Labute approximate surface area is 109 Å². The van der Waals surface area contributed by atoms with Crippen molar-refractivity contribution in [2.45, 2.75) is 32.2 Å². The Morgan fingerprint density at radius 1 is 1.44 bits per heavy atom. The minimum Gasteiger partial charge on any atom is -0.342 e. The van der Waals surface area contributed by atoms with E-state index >= 15 is 0 Å². The topological polar surface area (TPSA) is 46.3 Å². The Bertz CT molecular complexity index is 391. The molecule has 3 nitrogen and oxygen atoms in total. The zero-order chi connectivity index (χ0) is 13.0. The van der Waals surface area contributed by atoms with E-state index in [0.29, 0.717) is 12.3 Å². The first-order valence-corrected chi connectivity index (χ1v) is 6.75. The third kappa shape index (κ3) is 3.33. The third-order valence-corrected chi connectivity index (χ3v) is 3.63. The molecule has 2 N–H and O–H groups in total. The van der Waals surface area contributed by atoms with Gasteiger partial charge in [0.15, 0.2) is 0 Å². The molecule has 1 heterocycles. The zero-order valence-electron chi connectivity index (χ0n) is 11.0. The van der Waals surface area contributed by atoms with Crippen molar-refractivity contribution in [2.24, 2.45) is 11.7 Å². The molecule has 1 aromatic carbocycles. The Hall–Kier alpha value is -1.35. The number of likely N-dealkylation sites (tertiary alicyclic amines) is 1. The fraction of sp³-hybridized carbons (Fsp3) is 0.533. The van der Waals surface area contributed by atoms with Gasteiger partial charge in [0.2, 0.25) is 5.91 Å². The smallest absolute Gasteiger partial charge is 0.224 e. The Kier molecular flexibility index (Phi) is 4.37. The number of rotatable bonds is 3. The molecule has 0 bridgehead atoms. The molecule has 0 aromatic heterocycles. The van der Waals surface area contributed by atoms with Gasteiger partial charge in [-0.3, -0.25) is 4.79 Å². The van der Waals surface area contributed by atoms with Gasteiger partial charge in [0, 0.05) is 25.6 Å². The van der Waals surface area contributed by atoms with Gasteiger partial charge < -0.3 is 10.6 Å². The van der Waals surface area contributed by atoms with Crippen LogP contribution in [0.4, 0.5) is 0 Å². The lowest BCUT2D eigenvalue weighted by Gasteiger charge is -2.31. The highest BCUT2D eigenvalue weighted by Crippen LogP contribution is 2.19. The molecule has 0 aliphatic carbocycles. The normalized spacial score (nSPS) is 21.7. The van der Waals surface area contributed by atoms with E-state index in [4.69, 9.17) is 5.73 Å². The molecule has 1 saturated heterocycles. The number of piperidine rings is 1. The van der Waals surface area contributed by atoms with Gasteiger partial charge >= 0.3 is 0 Å². The van der Waals surface area contributed by atoms with Crippen LogP contribution in [0.3, 0.4) is 0 Å². The van der Waals surface area contributed by atoms with Crippen LogP contribution in [0.1, 0.15) is 37.8 Å². The van der Waals surface area contributed by atoms with E-state index in [-0.39, 0.29) is 11.9 Å². The predicted molar refractivity (Wildman–Crippen MR) is 73.0 cm³/mol. The van der Waals surface area contributed by atoms with E-state index in [1.807, 2.05) is 35.2 Å². The molecule has 2 rings (SSSR count). The number of hydrogen-bond acceptors (Lipinski definition) is 2. The Balaban J connectivity index is 1.91. The van der Waals surface area contributed by atoms with Crippen LogP contribution in [-0.2, 0) is 4.79 Å². The predicted octanol–water partition coefficient (Wildman–Crippen LogP) is 2.34. The number of nitrogens with zero attached hydrogens (tertiary/aromatic N) is 1. The van der Waals surface area contributed by atoms with Crippen molar-refractivity contribution >= 4 is 5.91 Å². The van der Waals surface area contributed by atoms with Crippen molar-refractivity contribution in [3.63, 3.8) is 0 Å². The van der Waals surface area contributed by atoms with Gasteiger partial charge in [-0.25, -0.2) is 0 Å². The molecule has 1 fully saturated rings. The van der Waals surface area contributed by atoms with E-state index in [1.54, 1.807) is 0 Å². The molecule has 1 aliphatic rings. The van der Waals surface area contributed by atoms with E-state index in [0.717, 1.165) is 25.1 Å². The molecule has 1 aliphatic heterocycles. The maximum absolute atomic E-state index is 12.2. The lowest BCUT2D eigenvalue weighted by atomic mass is 9.98. The van der Waals surface area contributed by atoms with Crippen LogP contribution in [-0.4, -0.2) is 23.9 Å². The highest BCUT2D eigenvalue weighted by Gasteiger charge is 2.22. The average Bonchev–Trinajstić information content (AvgIpc) is 2.39. The quantitative estimate of drug-likeness (QED) is 0.889. The molecule has 98 valence electrons. The van der Waals surface area contributed by atoms with Crippen LogP contribution >= 0.6 is 0 Å². The first-order valence-electron chi connectivity index (χ1n) is 6.75. The molecule has 18 heavy (non-hydrogen) atoms. The molecule has 3 heteroatoms. The summed E-state index contributed by atoms with van der Waals surface area (Å²) in [5.74, 6) is 0.813. The van der Waals surface area contributed by atoms with Crippen LogP contribution in [0.25, 0.3) is 0 Å². The summed E-state index contributed by atoms with van der Waals surface area (Å²) in [5, 5.41) is 0. The summed E-state index contributed by atoms with van der Waals surface area (Å²) in [6.07, 6.45) is 2.76. The third-order valence-electron chi connectivity index (χ3n) is 3.63. The van der Waals surface area contributed by atoms with Crippen molar-refractivity contribution in [3.05, 3.63) is 35.9 Å². The average molecular weight is 246 g/mol. The van der Waals surface area contributed by atoms with Crippen LogP contribution < -0.4 is 5.73 Å². The lowest BCUT2D eigenvalue weighted by molar-refractivity contribution is -0.133. The molecule has 0 radical (unpaired) electrons. The molecule has 1 aromatic rings. The SMILES string of the molecule is C[C@H]1CCCN(C(=O)C[C@H](N)c2ccccc2)C1. The molecule has 0 saturated carbocycles. The van der Waals surface area contributed by atoms with E-state index in [2.05, 4.69) is 6.92 Å². The maximum Gasteiger partial charge on any atom is 0.224 e. The minimum atomic E-state index is -0.184. The van der Waals surface area contributed by atoms with Crippen molar-refractivity contribution < 1.29 is 4.79 Å². The van der Waals surface area contributed by atoms with Crippen molar-refractivity contribution in [3.8, 4) is 0 Å². The Morgan fingerprint density at radius 3 is 2.83 bits per heavy atom. The summed E-state index contributed by atoms with van der Waals surface area (Å²) in [4.78, 5) is 14.1. The fourth-order valence-electron chi connectivity index (χ4n) is 2.55.